The van der Waals surface area contributed by atoms with E-state index in [4.69, 9.17) is 0 Å². The number of nitrogens with zero attached hydrogens (tertiary/aromatic N) is 1. The zero-order valence-electron chi connectivity index (χ0n) is 10.0. The van der Waals surface area contributed by atoms with Gasteiger partial charge in [0, 0.05) is 12.7 Å². The monoisotopic (exact) mass is 261 g/mol. The standard InChI is InChI=1S/C13H12FN3O2/c14-11-4-2-1-3-9(11)5-6-16-12(18)10-7-15-8-17-13(10)19/h1-4,7-8H,5-6H2,(H,16,18)(H,15,17,19). The maximum absolute atomic E-state index is 13.3. The van der Waals surface area contributed by atoms with E-state index in [1.165, 1.54) is 18.6 Å². The molecular formula is C13H12FN3O2. The van der Waals surface area contributed by atoms with Gasteiger partial charge in [-0.2, -0.15) is 0 Å². The predicted molar refractivity (Wildman–Crippen MR) is 67.3 cm³/mol. The molecule has 0 aliphatic carbocycles. The van der Waals surface area contributed by atoms with Crippen molar-refractivity contribution in [2.45, 2.75) is 6.42 Å². The molecule has 1 heterocycles. The molecule has 6 heteroatoms. The number of aromatic nitrogens is 2. The first-order valence-electron chi connectivity index (χ1n) is 5.73. The van der Waals surface area contributed by atoms with Crippen LogP contribution in [-0.2, 0) is 6.42 Å². The van der Waals surface area contributed by atoms with Crippen molar-refractivity contribution in [3.05, 3.63) is 64.1 Å². The topological polar surface area (TPSA) is 74.8 Å². The Morgan fingerprint density at radius 2 is 2.16 bits per heavy atom. The summed E-state index contributed by atoms with van der Waals surface area (Å²) in [5.74, 6) is -0.832. The molecular weight excluding hydrogens is 249 g/mol. The van der Waals surface area contributed by atoms with Crippen molar-refractivity contribution < 1.29 is 9.18 Å². The molecule has 2 aromatic rings. The van der Waals surface area contributed by atoms with Gasteiger partial charge in [0.15, 0.2) is 0 Å². The Balaban J connectivity index is 1.94. The van der Waals surface area contributed by atoms with E-state index in [9.17, 15) is 14.0 Å². The van der Waals surface area contributed by atoms with Gasteiger partial charge < -0.3 is 10.3 Å². The number of hydrogen-bond donors (Lipinski definition) is 2. The summed E-state index contributed by atoms with van der Waals surface area (Å²) in [5, 5.41) is 2.55. The first kappa shape index (κ1) is 12.9. The van der Waals surface area contributed by atoms with E-state index in [0.717, 1.165) is 0 Å². The summed E-state index contributed by atoms with van der Waals surface area (Å²) in [6.45, 7) is 0.244. The van der Waals surface area contributed by atoms with Gasteiger partial charge >= 0.3 is 0 Å². The highest BCUT2D eigenvalue weighted by Gasteiger charge is 2.09. The van der Waals surface area contributed by atoms with Gasteiger partial charge in [-0.05, 0) is 18.1 Å². The Hall–Kier alpha value is -2.50. The third kappa shape index (κ3) is 3.25. The second-order valence-corrected chi connectivity index (χ2v) is 3.89. The highest BCUT2D eigenvalue weighted by Crippen LogP contribution is 2.06. The summed E-state index contributed by atoms with van der Waals surface area (Å²) >= 11 is 0. The van der Waals surface area contributed by atoms with Crippen LogP contribution in [0, 0.1) is 5.82 Å². The van der Waals surface area contributed by atoms with Crippen molar-refractivity contribution >= 4 is 5.91 Å². The van der Waals surface area contributed by atoms with Crippen LogP contribution >= 0.6 is 0 Å². The lowest BCUT2D eigenvalue weighted by Gasteiger charge is -2.05. The first-order chi connectivity index (χ1) is 9.18. The fourth-order valence-corrected chi connectivity index (χ4v) is 1.61. The SMILES string of the molecule is O=C(NCCc1ccccc1F)c1cnc[nH]c1=O. The van der Waals surface area contributed by atoms with Crippen molar-refractivity contribution in [1.82, 2.24) is 15.3 Å². The van der Waals surface area contributed by atoms with Gasteiger partial charge in [0.1, 0.15) is 11.4 Å². The molecule has 0 saturated heterocycles. The minimum absolute atomic E-state index is 0.0592. The molecule has 5 nitrogen and oxygen atoms in total. The van der Waals surface area contributed by atoms with Gasteiger partial charge in [-0.1, -0.05) is 18.2 Å². The second kappa shape index (κ2) is 5.90. The Kier molecular flexibility index (Phi) is 4.02. The maximum Gasteiger partial charge on any atom is 0.263 e. The molecule has 2 N–H and O–H groups in total. The number of rotatable bonds is 4. The number of halogens is 1. The minimum Gasteiger partial charge on any atom is -0.351 e. The van der Waals surface area contributed by atoms with Crippen molar-refractivity contribution in [2.75, 3.05) is 6.54 Å². The van der Waals surface area contributed by atoms with E-state index in [0.29, 0.717) is 12.0 Å². The largest absolute Gasteiger partial charge is 0.351 e. The van der Waals surface area contributed by atoms with Gasteiger partial charge in [0.25, 0.3) is 11.5 Å². The molecule has 19 heavy (non-hydrogen) atoms. The number of hydrogen-bond acceptors (Lipinski definition) is 3. The summed E-state index contributed by atoms with van der Waals surface area (Å²) in [6, 6.07) is 6.35. The number of carbonyl (C=O) groups excluding carboxylic acids is 1. The van der Waals surface area contributed by atoms with Crippen molar-refractivity contribution in [1.29, 1.82) is 0 Å². The molecule has 0 saturated carbocycles. The normalized spacial score (nSPS) is 10.2. The number of carbonyl (C=O) groups is 1. The number of nitrogens with one attached hydrogen (secondary N) is 2. The van der Waals surface area contributed by atoms with E-state index < -0.39 is 11.5 Å². The van der Waals surface area contributed by atoms with Gasteiger partial charge in [0.2, 0.25) is 0 Å². The third-order valence-corrected chi connectivity index (χ3v) is 2.60. The molecule has 0 aliphatic rings. The van der Waals surface area contributed by atoms with Crippen LogP contribution in [0.4, 0.5) is 4.39 Å². The van der Waals surface area contributed by atoms with Gasteiger partial charge in [-0.15, -0.1) is 0 Å². The number of benzene rings is 1. The molecule has 0 fully saturated rings. The number of amides is 1. The average molecular weight is 261 g/mol. The molecule has 0 atom stereocenters. The molecule has 1 aromatic heterocycles. The predicted octanol–water partition coefficient (Wildman–Crippen LogP) is 0.881. The molecule has 1 aromatic carbocycles. The highest BCUT2D eigenvalue weighted by atomic mass is 19.1. The Labute approximate surface area is 108 Å². The zero-order valence-corrected chi connectivity index (χ0v) is 10.0. The van der Waals surface area contributed by atoms with E-state index in [1.807, 2.05) is 0 Å². The molecule has 0 aliphatic heterocycles. The summed E-state index contributed by atoms with van der Waals surface area (Å²) in [4.78, 5) is 29.0. The van der Waals surface area contributed by atoms with E-state index in [1.54, 1.807) is 18.2 Å². The number of H-pyrrole nitrogens is 1. The maximum atomic E-state index is 13.3. The second-order valence-electron chi connectivity index (χ2n) is 3.89. The lowest BCUT2D eigenvalue weighted by molar-refractivity contribution is 0.0952. The Morgan fingerprint density at radius 3 is 2.89 bits per heavy atom. The van der Waals surface area contributed by atoms with Crippen LogP contribution in [0.25, 0.3) is 0 Å². The minimum atomic E-state index is -0.523. The fraction of sp³-hybridized carbons (Fsp3) is 0.154. The van der Waals surface area contributed by atoms with Crippen LogP contribution in [-0.4, -0.2) is 22.4 Å². The first-order valence-corrected chi connectivity index (χ1v) is 5.73. The van der Waals surface area contributed by atoms with E-state index >= 15 is 0 Å². The average Bonchev–Trinajstić information content (AvgIpc) is 2.41. The molecule has 0 unspecified atom stereocenters. The third-order valence-electron chi connectivity index (χ3n) is 2.60. The highest BCUT2D eigenvalue weighted by molar-refractivity contribution is 5.93. The van der Waals surface area contributed by atoms with Crippen LogP contribution in [0.1, 0.15) is 15.9 Å². The van der Waals surface area contributed by atoms with Crippen LogP contribution < -0.4 is 10.9 Å². The molecule has 1 amide bonds. The summed E-state index contributed by atoms with van der Waals surface area (Å²) < 4.78 is 13.3. The zero-order chi connectivity index (χ0) is 13.7. The quantitative estimate of drug-likeness (QED) is 0.858. The van der Waals surface area contributed by atoms with Crippen LogP contribution in [0.2, 0.25) is 0 Å². The Morgan fingerprint density at radius 1 is 1.37 bits per heavy atom. The Bertz CT molecular complexity index is 640. The van der Waals surface area contributed by atoms with Crippen LogP contribution in [0.3, 0.4) is 0 Å². The smallest absolute Gasteiger partial charge is 0.263 e. The van der Waals surface area contributed by atoms with Crippen molar-refractivity contribution in [3.63, 3.8) is 0 Å². The van der Waals surface area contributed by atoms with Gasteiger partial charge in [0.05, 0.1) is 6.33 Å². The molecule has 0 bridgehead atoms. The lowest BCUT2D eigenvalue weighted by Crippen LogP contribution is -2.31. The molecule has 0 radical (unpaired) electrons. The van der Waals surface area contributed by atoms with Crippen LogP contribution in [0.15, 0.2) is 41.6 Å². The van der Waals surface area contributed by atoms with Crippen molar-refractivity contribution in [2.24, 2.45) is 0 Å². The molecule has 0 spiro atoms. The van der Waals surface area contributed by atoms with Crippen molar-refractivity contribution in [3.8, 4) is 0 Å². The summed E-state index contributed by atoms with van der Waals surface area (Å²) in [7, 11) is 0. The molecule has 98 valence electrons. The molecule has 2 rings (SSSR count). The fourth-order valence-electron chi connectivity index (χ4n) is 1.61. The van der Waals surface area contributed by atoms with E-state index in [-0.39, 0.29) is 17.9 Å². The van der Waals surface area contributed by atoms with Gasteiger partial charge in [-0.3, -0.25) is 9.59 Å². The summed E-state index contributed by atoms with van der Waals surface area (Å²) in [5.41, 5.74) is -0.0441. The van der Waals surface area contributed by atoms with E-state index in [2.05, 4.69) is 15.3 Å². The number of aromatic amines is 1. The lowest BCUT2D eigenvalue weighted by atomic mass is 10.1. The van der Waals surface area contributed by atoms with Crippen LogP contribution in [0.5, 0.6) is 0 Å². The summed E-state index contributed by atoms with van der Waals surface area (Å²) in [6.07, 6.45) is 2.76. The van der Waals surface area contributed by atoms with Gasteiger partial charge in [-0.25, -0.2) is 9.37 Å².